The number of hydrogen-bond donors (Lipinski definition) is 0. The Balaban J connectivity index is 2.84. The lowest BCUT2D eigenvalue weighted by Gasteiger charge is -2.24. The van der Waals surface area contributed by atoms with Crippen LogP contribution < -0.4 is 4.90 Å². The van der Waals surface area contributed by atoms with E-state index in [1.807, 2.05) is 39.0 Å². The van der Waals surface area contributed by atoms with Gasteiger partial charge in [0.1, 0.15) is 0 Å². The first-order valence-electron chi connectivity index (χ1n) is 7.22. The Morgan fingerprint density at radius 3 is 2.29 bits per heavy atom. The highest BCUT2D eigenvalue weighted by molar-refractivity contribution is 9.10. The molecule has 0 unspecified atom stereocenters. The minimum absolute atomic E-state index is 0.0631. The van der Waals surface area contributed by atoms with Gasteiger partial charge in [0.15, 0.2) is 0 Å². The molecule has 0 aliphatic rings. The second-order valence-corrected chi connectivity index (χ2v) is 5.80. The van der Waals surface area contributed by atoms with E-state index in [4.69, 9.17) is 0 Å². The lowest BCUT2D eigenvalue weighted by molar-refractivity contribution is -0.130. The summed E-state index contributed by atoms with van der Waals surface area (Å²) in [4.78, 5) is 27.4. The van der Waals surface area contributed by atoms with Crippen molar-refractivity contribution < 1.29 is 9.59 Å². The lowest BCUT2D eigenvalue weighted by atomic mass is 10.2. The van der Waals surface area contributed by atoms with Crippen LogP contribution in [0.2, 0.25) is 0 Å². The largest absolute Gasteiger partial charge is 0.343 e. The van der Waals surface area contributed by atoms with E-state index in [1.165, 1.54) is 6.92 Å². The van der Waals surface area contributed by atoms with Crippen LogP contribution in [0, 0.1) is 6.92 Å². The van der Waals surface area contributed by atoms with Crippen LogP contribution in [0.25, 0.3) is 0 Å². The lowest BCUT2D eigenvalue weighted by Crippen LogP contribution is -2.36. The normalized spacial score (nSPS) is 10.3. The fourth-order valence-electron chi connectivity index (χ4n) is 2.22. The molecule has 0 radical (unpaired) electrons. The molecule has 2 amide bonds. The van der Waals surface area contributed by atoms with Crippen LogP contribution in [-0.2, 0) is 9.59 Å². The summed E-state index contributed by atoms with van der Waals surface area (Å²) in [5, 5.41) is 0. The van der Waals surface area contributed by atoms with Crippen LogP contribution in [0.1, 0.15) is 32.8 Å². The quantitative estimate of drug-likeness (QED) is 0.785. The van der Waals surface area contributed by atoms with Crippen molar-refractivity contribution in [2.75, 3.05) is 24.5 Å². The predicted octanol–water partition coefficient (Wildman–Crippen LogP) is 3.37. The van der Waals surface area contributed by atoms with E-state index in [2.05, 4.69) is 15.9 Å². The third-order valence-electron chi connectivity index (χ3n) is 3.44. The second-order valence-electron chi connectivity index (χ2n) is 4.94. The van der Waals surface area contributed by atoms with Crippen molar-refractivity contribution >= 4 is 33.4 Å². The highest BCUT2D eigenvalue weighted by Crippen LogP contribution is 2.27. The fraction of sp³-hybridized carbons (Fsp3) is 0.500. The Hall–Kier alpha value is -1.36. The molecule has 0 spiro atoms. The second kappa shape index (κ2) is 8.17. The predicted molar refractivity (Wildman–Crippen MR) is 89.5 cm³/mol. The molecule has 1 aromatic carbocycles. The van der Waals surface area contributed by atoms with Gasteiger partial charge in [-0.1, -0.05) is 6.07 Å². The first-order chi connectivity index (χ1) is 9.90. The number of aryl methyl sites for hydroxylation is 1. The number of carbonyl (C=O) groups is 2. The van der Waals surface area contributed by atoms with E-state index in [9.17, 15) is 9.59 Å². The Morgan fingerprint density at radius 1 is 1.19 bits per heavy atom. The van der Waals surface area contributed by atoms with Crippen molar-refractivity contribution in [3.63, 3.8) is 0 Å². The van der Waals surface area contributed by atoms with Gasteiger partial charge in [0.25, 0.3) is 0 Å². The van der Waals surface area contributed by atoms with E-state index in [1.54, 1.807) is 9.80 Å². The molecule has 1 aromatic rings. The fourth-order valence-corrected chi connectivity index (χ4v) is 2.93. The van der Waals surface area contributed by atoms with Gasteiger partial charge in [-0.15, -0.1) is 0 Å². The van der Waals surface area contributed by atoms with Crippen LogP contribution >= 0.6 is 15.9 Å². The Labute approximate surface area is 135 Å². The maximum absolute atomic E-state index is 12.1. The SMILES string of the molecule is CCN(CC)C(=O)CCN(C(C)=O)c1ccc(C)cc1Br. The van der Waals surface area contributed by atoms with Gasteiger partial charge in [0, 0.05) is 37.5 Å². The summed E-state index contributed by atoms with van der Waals surface area (Å²) in [5.41, 5.74) is 1.92. The first kappa shape index (κ1) is 17.7. The molecule has 0 atom stereocenters. The zero-order valence-corrected chi connectivity index (χ0v) is 14.7. The molecule has 5 heteroatoms. The molecule has 0 saturated heterocycles. The maximum Gasteiger partial charge on any atom is 0.224 e. The van der Waals surface area contributed by atoms with Gasteiger partial charge < -0.3 is 9.80 Å². The molecule has 0 bridgehead atoms. The van der Waals surface area contributed by atoms with Crippen molar-refractivity contribution in [2.45, 2.75) is 34.1 Å². The third kappa shape index (κ3) is 4.84. The standard InChI is InChI=1S/C16H23BrN2O2/c1-5-18(6-2)16(21)9-10-19(13(4)20)15-8-7-12(3)11-14(15)17/h7-8,11H,5-6,9-10H2,1-4H3. The summed E-state index contributed by atoms with van der Waals surface area (Å²) in [5.74, 6) is 0.0152. The minimum atomic E-state index is -0.0631. The monoisotopic (exact) mass is 354 g/mol. The number of anilines is 1. The highest BCUT2D eigenvalue weighted by Gasteiger charge is 2.17. The number of rotatable bonds is 6. The number of halogens is 1. The van der Waals surface area contributed by atoms with Gasteiger partial charge in [-0.25, -0.2) is 0 Å². The molecule has 21 heavy (non-hydrogen) atoms. The van der Waals surface area contributed by atoms with Gasteiger partial charge >= 0.3 is 0 Å². The van der Waals surface area contributed by atoms with E-state index >= 15 is 0 Å². The molecule has 0 aromatic heterocycles. The molecule has 4 nitrogen and oxygen atoms in total. The molecule has 0 aliphatic carbocycles. The van der Waals surface area contributed by atoms with Gasteiger partial charge in [-0.3, -0.25) is 9.59 Å². The van der Waals surface area contributed by atoms with Gasteiger partial charge in [-0.05, 0) is 54.4 Å². The van der Waals surface area contributed by atoms with Crippen molar-refractivity contribution in [1.29, 1.82) is 0 Å². The van der Waals surface area contributed by atoms with Gasteiger partial charge in [-0.2, -0.15) is 0 Å². The molecule has 116 valence electrons. The summed E-state index contributed by atoms with van der Waals surface area (Å²) in [6, 6.07) is 5.84. The average molecular weight is 355 g/mol. The Morgan fingerprint density at radius 2 is 1.81 bits per heavy atom. The van der Waals surface area contributed by atoms with Gasteiger partial charge in [0.05, 0.1) is 5.69 Å². The minimum Gasteiger partial charge on any atom is -0.343 e. The number of nitrogens with zero attached hydrogens (tertiary/aromatic N) is 2. The maximum atomic E-state index is 12.1. The number of hydrogen-bond acceptors (Lipinski definition) is 2. The Kier molecular flexibility index (Phi) is 6.89. The number of benzene rings is 1. The van der Waals surface area contributed by atoms with Crippen molar-refractivity contribution in [1.82, 2.24) is 4.90 Å². The van der Waals surface area contributed by atoms with Crippen LogP contribution in [0.4, 0.5) is 5.69 Å². The van der Waals surface area contributed by atoms with E-state index in [0.29, 0.717) is 26.1 Å². The zero-order chi connectivity index (χ0) is 16.0. The van der Waals surface area contributed by atoms with Crippen LogP contribution in [-0.4, -0.2) is 36.3 Å². The number of carbonyl (C=O) groups excluding carboxylic acids is 2. The average Bonchev–Trinajstić information content (AvgIpc) is 2.42. The smallest absolute Gasteiger partial charge is 0.224 e. The summed E-state index contributed by atoms with van der Waals surface area (Å²) >= 11 is 3.49. The number of amides is 2. The zero-order valence-electron chi connectivity index (χ0n) is 13.1. The highest BCUT2D eigenvalue weighted by atomic mass is 79.9. The van der Waals surface area contributed by atoms with E-state index < -0.39 is 0 Å². The van der Waals surface area contributed by atoms with Crippen molar-refractivity contribution in [3.8, 4) is 0 Å². The van der Waals surface area contributed by atoms with Crippen LogP contribution in [0.3, 0.4) is 0 Å². The first-order valence-corrected chi connectivity index (χ1v) is 8.02. The summed E-state index contributed by atoms with van der Waals surface area (Å²) < 4.78 is 0.869. The molecular formula is C16H23BrN2O2. The molecule has 0 N–H and O–H groups in total. The van der Waals surface area contributed by atoms with Crippen molar-refractivity contribution in [3.05, 3.63) is 28.2 Å². The molecule has 1 rings (SSSR count). The van der Waals surface area contributed by atoms with Crippen LogP contribution in [0.15, 0.2) is 22.7 Å². The topological polar surface area (TPSA) is 40.6 Å². The Bertz CT molecular complexity index is 513. The van der Waals surface area contributed by atoms with Gasteiger partial charge in [0.2, 0.25) is 11.8 Å². The molecule has 0 fully saturated rings. The molecule has 0 aliphatic heterocycles. The third-order valence-corrected chi connectivity index (χ3v) is 4.07. The molecule has 0 saturated carbocycles. The van der Waals surface area contributed by atoms with Crippen molar-refractivity contribution in [2.24, 2.45) is 0 Å². The molecule has 0 heterocycles. The summed E-state index contributed by atoms with van der Waals surface area (Å²) in [6.45, 7) is 9.23. The van der Waals surface area contributed by atoms with Crippen LogP contribution in [0.5, 0.6) is 0 Å². The summed E-state index contributed by atoms with van der Waals surface area (Å²) in [6.07, 6.45) is 0.335. The summed E-state index contributed by atoms with van der Waals surface area (Å²) in [7, 11) is 0. The van der Waals surface area contributed by atoms with E-state index in [0.717, 1.165) is 15.7 Å². The molecular weight excluding hydrogens is 332 g/mol. The van der Waals surface area contributed by atoms with E-state index in [-0.39, 0.29) is 11.8 Å².